The minimum absolute atomic E-state index is 0.996. The Balaban J connectivity index is 1.99. The van der Waals surface area contributed by atoms with Gasteiger partial charge in [-0.15, -0.1) is 0 Å². The van der Waals surface area contributed by atoms with E-state index in [0.29, 0.717) is 0 Å². The summed E-state index contributed by atoms with van der Waals surface area (Å²) >= 11 is 0. The Morgan fingerprint density at radius 3 is 2.53 bits per heavy atom. The van der Waals surface area contributed by atoms with Crippen LogP contribution < -0.4 is 0 Å². The Labute approximate surface area is 110 Å². The highest BCUT2D eigenvalue weighted by Crippen LogP contribution is 2.20. The number of aromatic nitrogens is 3. The largest absolute Gasteiger partial charge is 0.297 e. The third kappa shape index (κ3) is 1.59. The van der Waals surface area contributed by atoms with Gasteiger partial charge in [-0.25, -0.2) is 4.98 Å². The first kappa shape index (κ1) is 10.3. The Kier molecular flexibility index (Phi) is 2.12. The molecule has 0 aliphatic carbocycles. The number of nitrogens with zero attached hydrogens (tertiary/aromatic N) is 3. The van der Waals surface area contributed by atoms with E-state index in [9.17, 15) is 0 Å². The lowest BCUT2D eigenvalue weighted by Crippen LogP contribution is -1.93. The van der Waals surface area contributed by atoms with Crippen molar-refractivity contribution in [2.45, 2.75) is 0 Å². The zero-order valence-electron chi connectivity index (χ0n) is 10.2. The standard InChI is InChI=1S/C16H11N3/c1-2-6-14-12(5-1)9-13(10-17-14)19-11-18-15-7-3-4-8-16(15)19/h1-11H. The fourth-order valence-electron chi connectivity index (χ4n) is 2.36. The molecule has 2 aromatic carbocycles. The van der Waals surface area contributed by atoms with Crippen molar-refractivity contribution in [3.8, 4) is 5.69 Å². The maximum atomic E-state index is 4.50. The second-order valence-electron chi connectivity index (χ2n) is 4.49. The highest BCUT2D eigenvalue weighted by atomic mass is 15.1. The monoisotopic (exact) mass is 245 g/mol. The Hall–Kier alpha value is -2.68. The molecule has 0 N–H and O–H groups in total. The number of benzene rings is 2. The molecule has 4 rings (SSSR count). The number of fused-ring (bicyclic) bond motifs is 2. The van der Waals surface area contributed by atoms with E-state index in [2.05, 4.69) is 32.7 Å². The molecule has 0 aliphatic rings. The molecule has 90 valence electrons. The van der Waals surface area contributed by atoms with Gasteiger partial charge in [-0.05, 0) is 24.3 Å². The SMILES string of the molecule is c1ccc2ncc(-n3cnc4ccccc43)cc2c1. The van der Waals surface area contributed by atoms with Gasteiger partial charge in [0.15, 0.2) is 0 Å². The van der Waals surface area contributed by atoms with E-state index >= 15 is 0 Å². The molecule has 0 aliphatic heterocycles. The van der Waals surface area contributed by atoms with Crippen molar-refractivity contribution >= 4 is 21.9 Å². The molecule has 0 atom stereocenters. The molecular formula is C16H11N3. The van der Waals surface area contributed by atoms with E-state index in [0.717, 1.165) is 27.6 Å². The van der Waals surface area contributed by atoms with Crippen LogP contribution in [0.15, 0.2) is 67.1 Å². The van der Waals surface area contributed by atoms with Crippen LogP contribution in [0.1, 0.15) is 0 Å². The molecule has 0 fully saturated rings. The quantitative estimate of drug-likeness (QED) is 0.513. The highest BCUT2D eigenvalue weighted by molar-refractivity contribution is 5.82. The lowest BCUT2D eigenvalue weighted by atomic mass is 10.2. The van der Waals surface area contributed by atoms with Crippen molar-refractivity contribution < 1.29 is 0 Å². The molecule has 2 aromatic heterocycles. The number of hydrogen-bond donors (Lipinski definition) is 0. The molecule has 0 unspecified atom stereocenters. The van der Waals surface area contributed by atoms with Gasteiger partial charge in [-0.3, -0.25) is 9.55 Å². The van der Waals surface area contributed by atoms with Gasteiger partial charge in [0.1, 0.15) is 6.33 Å². The van der Waals surface area contributed by atoms with Crippen LogP contribution in [0.25, 0.3) is 27.6 Å². The van der Waals surface area contributed by atoms with Gasteiger partial charge in [-0.2, -0.15) is 0 Å². The first-order chi connectivity index (χ1) is 9.42. The topological polar surface area (TPSA) is 30.7 Å². The minimum Gasteiger partial charge on any atom is -0.297 e. The van der Waals surface area contributed by atoms with E-state index in [1.165, 1.54) is 0 Å². The van der Waals surface area contributed by atoms with Crippen molar-refractivity contribution in [1.82, 2.24) is 14.5 Å². The van der Waals surface area contributed by atoms with Crippen molar-refractivity contribution in [2.75, 3.05) is 0 Å². The Bertz CT molecular complexity index is 877. The van der Waals surface area contributed by atoms with Gasteiger partial charge in [-0.1, -0.05) is 30.3 Å². The molecule has 0 saturated heterocycles. The average molecular weight is 245 g/mol. The molecule has 0 amide bonds. The Morgan fingerprint density at radius 2 is 1.58 bits per heavy atom. The first-order valence-electron chi connectivity index (χ1n) is 6.19. The predicted octanol–water partition coefficient (Wildman–Crippen LogP) is 3.57. The van der Waals surface area contributed by atoms with Gasteiger partial charge in [0.25, 0.3) is 0 Å². The van der Waals surface area contributed by atoms with Crippen molar-refractivity contribution in [3.05, 3.63) is 67.1 Å². The van der Waals surface area contributed by atoms with Gasteiger partial charge < -0.3 is 0 Å². The molecule has 2 heterocycles. The summed E-state index contributed by atoms with van der Waals surface area (Å²) in [4.78, 5) is 8.91. The second kappa shape index (κ2) is 3.92. The molecule has 4 aromatic rings. The summed E-state index contributed by atoms with van der Waals surface area (Å²) in [7, 11) is 0. The molecule has 3 nitrogen and oxygen atoms in total. The van der Waals surface area contributed by atoms with Crippen LogP contribution in [0.2, 0.25) is 0 Å². The summed E-state index contributed by atoms with van der Waals surface area (Å²) in [5.41, 5.74) is 4.14. The normalized spacial score (nSPS) is 11.2. The van der Waals surface area contributed by atoms with E-state index in [-0.39, 0.29) is 0 Å². The lowest BCUT2D eigenvalue weighted by molar-refractivity contribution is 1.08. The smallest absolute Gasteiger partial charge is 0.100 e. The van der Waals surface area contributed by atoms with Gasteiger partial charge in [0.05, 0.1) is 28.4 Å². The number of para-hydroxylation sites is 3. The van der Waals surface area contributed by atoms with Crippen LogP contribution in [-0.2, 0) is 0 Å². The molecule has 0 bridgehead atoms. The lowest BCUT2D eigenvalue weighted by Gasteiger charge is -2.05. The van der Waals surface area contributed by atoms with E-state index in [1.54, 1.807) is 0 Å². The van der Waals surface area contributed by atoms with Gasteiger partial charge in [0.2, 0.25) is 0 Å². The van der Waals surface area contributed by atoms with E-state index < -0.39 is 0 Å². The molecule has 0 saturated carbocycles. The summed E-state index contributed by atoms with van der Waals surface area (Å²) in [5.74, 6) is 0. The molecule has 0 radical (unpaired) electrons. The van der Waals surface area contributed by atoms with Crippen molar-refractivity contribution in [2.24, 2.45) is 0 Å². The maximum Gasteiger partial charge on any atom is 0.100 e. The van der Waals surface area contributed by atoms with Crippen LogP contribution in [-0.4, -0.2) is 14.5 Å². The van der Waals surface area contributed by atoms with Crippen molar-refractivity contribution in [1.29, 1.82) is 0 Å². The molecule has 19 heavy (non-hydrogen) atoms. The van der Waals surface area contributed by atoms with Crippen LogP contribution in [0, 0.1) is 0 Å². The number of imidazole rings is 1. The van der Waals surface area contributed by atoms with Crippen LogP contribution >= 0.6 is 0 Å². The summed E-state index contributed by atoms with van der Waals surface area (Å²) in [6, 6.07) is 18.4. The average Bonchev–Trinajstić information content (AvgIpc) is 2.91. The van der Waals surface area contributed by atoms with E-state index in [1.807, 2.05) is 48.9 Å². The van der Waals surface area contributed by atoms with E-state index in [4.69, 9.17) is 0 Å². The molecule has 3 heteroatoms. The number of pyridine rings is 1. The van der Waals surface area contributed by atoms with Crippen LogP contribution in [0.3, 0.4) is 0 Å². The fraction of sp³-hybridized carbons (Fsp3) is 0. The van der Waals surface area contributed by atoms with Crippen LogP contribution in [0.5, 0.6) is 0 Å². The maximum absolute atomic E-state index is 4.50. The van der Waals surface area contributed by atoms with Gasteiger partial charge in [0, 0.05) is 5.39 Å². The first-order valence-corrected chi connectivity index (χ1v) is 6.19. The fourth-order valence-corrected chi connectivity index (χ4v) is 2.36. The summed E-state index contributed by atoms with van der Waals surface area (Å²) in [6.07, 6.45) is 3.73. The van der Waals surface area contributed by atoms with Gasteiger partial charge >= 0.3 is 0 Å². The second-order valence-corrected chi connectivity index (χ2v) is 4.49. The summed E-state index contributed by atoms with van der Waals surface area (Å²) in [6.45, 7) is 0. The summed E-state index contributed by atoms with van der Waals surface area (Å²) < 4.78 is 2.06. The molecule has 0 spiro atoms. The molecular weight excluding hydrogens is 234 g/mol. The minimum atomic E-state index is 0.996. The third-order valence-electron chi connectivity index (χ3n) is 3.31. The van der Waals surface area contributed by atoms with Crippen molar-refractivity contribution in [3.63, 3.8) is 0 Å². The number of hydrogen-bond acceptors (Lipinski definition) is 2. The Morgan fingerprint density at radius 1 is 0.789 bits per heavy atom. The third-order valence-corrected chi connectivity index (χ3v) is 3.31. The predicted molar refractivity (Wildman–Crippen MR) is 76.4 cm³/mol. The zero-order chi connectivity index (χ0) is 12.7. The highest BCUT2D eigenvalue weighted by Gasteiger charge is 2.04. The summed E-state index contributed by atoms with van der Waals surface area (Å²) in [5, 5.41) is 1.14. The zero-order valence-corrected chi connectivity index (χ0v) is 10.2. The number of rotatable bonds is 1. The van der Waals surface area contributed by atoms with Crippen LogP contribution in [0.4, 0.5) is 0 Å².